The minimum absolute atomic E-state index is 0.419. The molecule has 2 heterocycles. The Kier molecular flexibility index (Phi) is 3.25. The van der Waals surface area contributed by atoms with Gasteiger partial charge in [-0.05, 0) is 43.2 Å². The summed E-state index contributed by atoms with van der Waals surface area (Å²) in [7, 11) is 0. The SMILES string of the molecule is CC[C@H](O)c1ccc(N2CC3CCCC3C2)cn1. The smallest absolute Gasteiger partial charge is 0.0957 e. The first-order chi connectivity index (χ1) is 8.78. The Morgan fingerprint density at radius 2 is 2.06 bits per heavy atom. The standard InChI is InChI=1S/C15H22N2O/c1-2-15(18)14-7-6-13(8-16-14)17-9-11-4-3-5-12(11)10-17/h6-8,11-12,15,18H,2-5,9-10H2,1H3/t11?,12?,15-/m0/s1. The van der Waals surface area contributed by atoms with Gasteiger partial charge in [-0.2, -0.15) is 0 Å². The Morgan fingerprint density at radius 1 is 1.33 bits per heavy atom. The van der Waals surface area contributed by atoms with Gasteiger partial charge < -0.3 is 10.0 Å². The first-order valence-electron chi connectivity index (χ1n) is 7.17. The van der Waals surface area contributed by atoms with Crippen LogP contribution in [0.25, 0.3) is 0 Å². The number of hydrogen-bond donors (Lipinski definition) is 1. The Hall–Kier alpha value is -1.09. The zero-order chi connectivity index (χ0) is 12.5. The molecule has 18 heavy (non-hydrogen) atoms. The number of fused-ring (bicyclic) bond motifs is 1. The summed E-state index contributed by atoms with van der Waals surface area (Å²) in [5.74, 6) is 1.82. The van der Waals surface area contributed by atoms with E-state index in [9.17, 15) is 5.11 Å². The van der Waals surface area contributed by atoms with Crippen LogP contribution in [0.1, 0.15) is 44.4 Å². The summed E-state index contributed by atoms with van der Waals surface area (Å²) in [5, 5.41) is 9.74. The van der Waals surface area contributed by atoms with Crippen molar-refractivity contribution in [3.63, 3.8) is 0 Å². The second-order valence-electron chi connectivity index (χ2n) is 5.72. The van der Waals surface area contributed by atoms with Gasteiger partial charge in [0.05, 0.1) is 23.7 Å². The van der Waals surface area contributed by atoms with E-state index in [-0.39, 0.29) is 0 Å². The highest BCUT2D eigenvalue weighted by molar-refractivity contribution is 5.46. The summed E-state index contributed by atoms with van der Waals surface area (Å²) < 4.78 is 0. The fourth-order valence-electron chi connectivity index (χ4n) is 3.44. The molecule has 2 aliphatic rings. The summed E-state index contributed by atoms with van der Waals surface area (Å²) in [6.45, 7) is 4.37. The molecule has 0 radical (unpaired) electrons. The topological polar surface area (TPSA) is 36.4 Å². The van der Waals surface area contributed by atoms with Gasteiger partial charge in [-0.25, -0.2) is 0 Å². The number of hydrogen-bond acceptors (Lipinski definition) is 3. The Bertz CT molecular complexity index is 391. The van der Waals surface area contributed by atoms with Crippen molar-refractivity contribution in [2.24, 2.45) is 11.8 Å². The Morgan fingerprint density at radius 3 is 2.61 bits per heavy atom. The maximum absolute atomic E-state index is 9.74. The molecule has 3 nitrogen and oxygen atoms in total. The summed E-state index contributed by atoms with van der Waals surface area (Å²) in [6.07, 6.45) is 6.46. The highest BCUT2D eigenvalue weighted by Gasteiger charge is 2.36. The van der Waals surface area contributed by atoms with Crippen LogP contribution in [0, 0.1) is 11.8 Å². The van der Waals surface area contributed by atoms with Gasteiger partial charge in [0.15, 0.2) is 0 Å². The van der Waals surface area contributed by atoms with E-state index in [1.807, 2.05) is 19.2 Å². The Labute approximate surface area is 109 Å². The van der Waals surface area contributed by atoms with Gasteiger partial charge in [-0.15, -0.1) is 0 Å². The summed E-state index contributed by atoms with van der Waals surface area (Å²) in [4.78, 5) is 6.86. The quantitative estimate of drug-likeness (QED) is 0.891. The van der Waals surface area contributed by atoms with Gasteiger partial charge in [-0.3, -0.25) is 4.98 Å². The molecule has 2 fully saturated rings. The van der Waals surface area contributed by atoms with Crippen LogP contribution >= 0.6 is 0 Å². The molecule has 3 atom stereocenters. The van der Waals surface area contributed by atoms with Crippen LogP contribution in [0.4, 0.5) is 5.69 Å². The van der Waals surface area contributed by atoms with Crippen LogP contribution in [-0.2, 0) is 0 Å². The third kappa shape index (κ3) is 2.12. The van der Waals surface area contributed by atoms with Crippen LogP contribution in [0.15, 0.2) is 18.3 Å². The number of nitrogens with zero attached hydrogens (tertiary/aromatic N) is 2. The summed E-state index contributed by atoms with van der Waals surface area (Å²) in [6, 6.07) is 4.08. The van der Waals surface area contributed by atoms with E-state index in [4.69, 9.17) is 0 Å². The van der Waals surface area contributed by atoms with Crippen molar-refractivity contribution in [1.82, 2.24) is 4.98 Å². The molecule has 1 saturated heterocycles. The predicted octanol–water partition coefficient (Wildman–Crippen LogP) is 2.76. The second kappa shape index (κ2) is 4.88. The van der Waals surface area contributed by atoms with Crippen LogP contribution in [0.3, 0.4) is 0 Å². The van der Waals surface area contributed by atoms with Crippen molar-refractivity contribution in [3.05, 3.63) is 24.0 Å². The number of anilines is 1. The molecule has 1 aromatic rings. The van der Waals surface area contributed by atoms with Crippen LogP contribution in [-0.4, -0.2) is 23.2 Å². The highest BCUT2D eigenvalue weighted by Crippen LogP contribution is 2.39. The lowest BCUT2D eigenvalue weighted by Gasteiger charge is -2.19. The highest BCUT2D eigenvalue weighted by atomic mass is 16.3. The fourth-order valence-corrected chi connectivity index (χ4v) is 3.44. The molecule has 1 N–H and O–H groups in total. The van der Waals surface area contributed by atoms with Gasteiger partial charge >= 0.3 is 0 Å². The minimum atomic E-state index is -0.419. The molecule has 0 spiro atoms. The van der Waals surface area contributed by atoms with Crippen molar-refractivity contribution in [2.45, 2.75) is 38.7 Å². The molecule has 1 aliphatic carbocycles. The molecule has 0 amide bonds. The molecule has 98 valence electrons. The monoisotopic (exact) mass is 246 g/mol. The lowest BCUT2D eigenvalue weighted by atomic mass is 10.0. The largest absolute Gasteiger partial charge is 0.387 e. The number of pyridine rings is 1. The number of rotatable bonds is 3. The van der Waals surface area contributed by atoms with Crippen LogP contribution < -0.4 is 4.90 Å². The molecule has 1 saturated carbocycles. The third-order valence-electron chi connectivity index (χ3n) is 4.59. The first kappa shape index (κ1) is 12.0. The van der Waals surface area contributed by atoms with Crippen molar-refractivity contribution >= 4 is 5.69 Å². The molecule has 0 aromatic carbocycles. The zero-order valence-electron chi connectivity index (χ0n) is 11.0. The van der Waals surface area contributed by atoms with E-state index in [0.29, 0.717) is 0 Å². The van der Waals surface area contributed by atoms with Crippen LogP contribution in [0.5, 0.6) is 0 Å². The molecule has 3 rings (SSSR count). The molecular formula is C15H22N2O. The van der Waals surface area contributed by atoms with E-state index in [1.165, 1.54) is 38.0 Å². The minimum Gasteiger partial charge on any atom is -0.387 e. The fraction of sp³-hybridized carbons (Fsp3) is 0.667. The molecule has 3 heteroatoms. The van der Waals surface area contributed by atoms with E-state index < -0.39 is 6.10 Å². The molecule has 1 aromatic heterocycles. The van der Waals surface area contributed by atoms with E-state index in [1.54, 1.807) is 0 Å². The normalized spacial score (nSPS) is 28.4. The van der Waals surface area contributed by atoms with Gasteiger partial charge in [-0.1, -0.05) is 13.3 Å². The van der Waals surface area contributed by atoms with Gasteiger partial charge in [0.2, 0.25) is 0 Å². The van der Waals surface area contributed by atoms with Crippen molar-refractivity contribution in [2.75, 3.05) is 18.0 Å². The van der Waals surface area contributed by atoms with Gasteiger partial charge in [0.25, 0.3) is 0 Å². The van der Waals surface area contributed by atoms with E-state index >= 15 is 0 Å². The summed E-state index contributed by atoms with van der Waals surface area (Å²) >= 11 is 0. The van der Waals surface area contributed by atoms with Crippen molar-refractivity contribution in [1.29, 1.82) is 0 Å². The zero-order valence-corrected chi connectivity index (χ0v) is 11.0. The first-order valence-corrected chi connectivity index (χ1v) is 7.17. The maximum Gasteiger partial charge on any atom is 0.0957 e. The van der Waals surface area contributed by atoms with Crippen molar-refractivity contribution in [3.8, 4) is 0 Å². The third-order valence-corrected chi connectivity index (χ3v) is 4.59. The maximum atomic E-state index is 9.74. The molecular weight excluding hydrogens is 224 g/mol. The van der Waals surface area contributed by atoms with Gasteiger partial charge in [0.1, 0.15) is 0 Å². The lowest BCUT2D eigenvalue weighted by Crippen LogP contribution is -2.20. The molecule has 0 bridgehead atoms. The van der Waals surface area contributed by atoms with E-state index in [2.05, 4.69) is 16.0 Å². The molecule has 2 unspecified atom stereocenters. The average molecular weight is 246 g/mol. The number of aliphatic hydroxyl groups is 1. The van der Waals surface area contributed by atoms with Crippen LogP contribution in [0.2, 0.25) is 0 Å². The second-order valence-corrected chi connectivity index (χ2v) is 5.72. The lowest BCUT2D eigenvalue weighted by molar-refractivity contribution is 0.169. The summed E-state index contributed by atoms with van der Waals surface area (Å²) in [5.41, 5.74) is 2.01. The van der Waals surface area contributed by atoms with Gasteiger partial charge in [0, 0.05) is 13.1 Å². The predicted molar refractivity (Wildman–Crippen MR) is 72.5 cm³/mol. The van der Waals surface area contributed by atoms with E-state index in [0.717, 1.165) is 24.0 Å². The Balaban J connectivity index is 1.70. The van der Waals surface area contributed by atoms with Crippen molar-refractivity contribution < 1.29 is 5.11 Å². The molecule has 1 aliphatic heterocycles. The average Bonchev–Trinajstić information content (AvgIpc) is 2.99. The number of aliphatic hydroxyl groups excluding tert-OH is 1. The number of aromatic nitrogens is 1.